The van der Waals surface area contributed by atoms with Crippen LogP contribution in [0.25, 0.3) is 10.9 Å². The van der Waals surface area contributed by atoms with Crippen molar-refractivity contribution in [3.8, 4) is 0 Å². The van der Waals surface area contributed by atoms with E-state index in [1.54, 1.807) is 0 Å². The maximum Gasteiger partial charge on any atom is 0.106 e. The number of aromatic nitrogens is 1. The molecule has 0 fully saturated rings. The Morgan fingerprint density at radius 3 is 2.60 bits per heavy atom. The molecule has 2 aromatic rings. The highest BCUT2D eigenvalue weighted by Gasteiger charge is 2.19. The number of hydrogen-bond acceptors (Lipinski definition) is 3. The summed E-state index contributed by atoms with van der Waals surface area (Å²) < 4.78 is 11.8. The van der Waals surface area contributed by atoms with E-state index in [9.17, 15) is 0 Å². The molecule has 108 valence electrons. The summed E-state index contributed by atoms with van der Waals surface area (Å²) in [5.74, 6) is 0. The first-order valence-corrected chi connectivity index (χ1v) is 7.10. The molecule has 0 bridgehead atoms. The van der Waals surface area contributed by atoms with E-state index in [0.29, 0.717) is 13.2 Å². The normalized spacial score (nSPS) is 13.6. The third-order valence-electron chi connectivity index (χ3n) is 3.07. The van der Waals surface area contributed by atoms with E-state index >= 15 is 0 Å². The summed E-state index contributed by atoms with van der Waals surface area (Å²) in [6.45, 7) is 9.38. The van der Waals surface area contributed by atoms with Crippen LogP contribution in [0.15, 0.2) is 36.5 Å². The third kappa shape index (κ3) is 3.78. The number of benzene rings is 1. The Bertz CT molecular complexity index is 555. The van der Waals surface area contributed by atoms with Gasteiger partial charge in [-0.2, -0.15) is 0 Å². The zero-order valence-corrected chi connectivity index (χ0v) is 12.7. The molecule has 0 amide bonds. The van der Waals surface area contributed by atoms with Gasteiger partial charge < -0.3 is 9.47 Å². The van der Waals surface area contributed by atoms with Crippen molar-refractivity contribution in [1.82, 2.24) is 4.98 Å². The minimum Gasteiger partial charge on any atom is -0.373 e. The lowest BCUT2D eigenvalue weighted by Gasteiger charge is -2.25. The SMILES string of the molecule is CCOC(COC(C)(C)C)c1ccnc2ccccc12. The topological polar surface area (TPSA) is 31.4 Å². The molecule has 0 aliphatic rings. The van der Waals surface area contributed by atoms with Crippen molar-refractivity contribution < 1.29 is 9.47 Å². The van der Waals surface area contributed by atoms with Gasteiger partial charge in [0.05, 0.1) is 17.7 Å². The fourth-order valence-electron chi connectivity index (χ4n) is 2.15. The van der Waals surface area contributed by atoms with E-state index in [0.717, 1.165) is 16.5 Å². The monoisotopic (exact) mass is 273 g/mol. The van der Waals surface area contributed by atoms with Gasteiger partial charge >= 0.3 is 0 Å². The van der Waals surface area contributed by atoms with Crippen LogP contribution in [0.1, 0.15) is 39.4 Å². The van der Waals surface area contributed by atoms with Gasteiger partial charge in [0.2, 0.25) is 0 Å². The van der Waals surface area contributed by atoms with Crippen molar-refractivity contribution in [3.05, 3.63) is 42.1 Å². The van der Waals surface area contributed by atoms with E-state index in [4.69, 9.17) is 9.47 Å². The Labute approximate surface area is 120 Å². The van der Waals surface area contributed by atoms with Crippen LogP contribution >= 0.6 is 0 Å². The highest BCUT2D eigenvalue weighted by Crippen LogP contribution is 2.26. The molecule has 1 aromatic carbocycles. The molecular weight excluding hydrogens is 250 g/mol. The van der Waals surface area contributed by atoms with Crippen LogP contribution in [-0.2, 0) is 9.47 Å². The van der Waals surface area contributed by atoms with Crippen molar-refractivity contribution in [2.45, 2.75) is 39.4 Å². The van der Waals surface area contributed by atoms with E-state index in [1.807, 2.05) is 37.4 Å². The van der Waals surface area contributed by atoms with Gasteiger partial charge in [0.1, 0.15) is 6.10 Å². The summed E-state index contributed by atoms with van der Waals surface area (Å²) in [7, 11) is 0. The Morgan fingerprint density at radius 2 is 1.90 bits per heavy atom. The number of fused-ring (bicyclic) bond motifs is 1. The van der Waals surface area contributed by atoms with Crippen LogP contribution < -0.4 is 0 Å². The maximum atomic E-state index is 5.90. The summed E-state index contributed by atoms with van der Waals surface area (Å²) in [4.78, 5) is 4.40. The smallest absolute Gasteiger partial charge is 0.106 e. The molecule has 3 nitrogen and oxygen atoms in total. The minimum atomic E-state index is -0.168. The summed E-state index contributed by atoms with van der Waals surface area (Å²) in [5, 5.41) is 1.13. The van der Waals surface area contributed by atoms with E-state index in [1.165, 1.54) is 0 Å². The first-order valence-electron chi connectivity index (χ1n) is 7.10. The second kappa shape index (κ2) is 6.33. The molecule has 0 radical (unpaired) electrons. The third-order valence-corrected chi connectivity index (χ3v) is 3.07. The van der Waals surface area contributed by atoms with E-state index in [2.05, 4.69) is 31.8 Å². The molecule has 1 unspecified atom stereocenters. The highest BCUT2D eigenvalue weighted by atomic mass is 16.5. The van der Waals surface area contributed by atoms with Crippen LogP contribution in [0.3, 0.4) is 0 Å². The van der Waals surface area contributed by atoms with Crippen LogP contribution in [-0.4, -0.2) is 23.8 Å². The Kier molecular flexibility index (Phi) is 4.73. The largest absolute Gasteiger partial charge is 0.373 e. The Balaban J connectivity index is 2.31. The molecule has 3 heteroatoms. The van der Waals surface area contributed by atoms with Crippen molar-refractivity contribution >= 4 is 10.9 Å². The van der Waals surface area contributed by atoms with Gasteiger partial charge in [-0.05, 0) is 45.4 Å². The summed E-state index contributed by atoms with van der Waals surface area (Å²) in [6, 6.07) is 10.2. The van der Waals surface area contributed by atoms with Crippen LogP contribution in [0.5, 0.6) is 0 Å². The maximum absolute atomic E-state index is 5.90. The number of rotatable bonds is 5. The molecule has 20 heavy (non-hydrogen) atoms. The quantitative estimate of drug-likeness (QED) is 0.821. The van der Waals surface area contributed by atoms with Gasteiger partial charge in [-0.3, -0.25) is 4.98 Å². The number of ether oxygens (including phenoxy) is 2. The summed E-state index contributed by atoms with van der Waals surface area (Å²) in [5.41, 5.74) is 1.96. The first kappa shape index (κ1) is 14.9. The van der Waals surface area contributed by atoms with Crippen molar-refractivity contribution in [2.24, 2.45) is 0 Å². The lowest BCUT2D eigenvalue weighted by Crippen LogP contribution is -2.24. The molecule has 0 N–H and O–H groups in total. The number of hydrogen-bond donors (Lipinski definition) is 0. The molecular formula is C17H23NO2. The molecule has 1 heterocycles. The second-order valence-electron chi connectivity index (χ2n) is 5.78. The molecule has 0 aliphatic heterocycles. The average molecular weight is 273 g/mol. The molecule has 0 spiro atoms. The number of pyridine rings is 1. The van der Waals surface area contributed by atoms with Crippen molar-refractivity contribution in [1.29, 1.82) is 0 Å². The summed E-state index contributed by atoms with van der Waals surface area (Å²) >= 11 is 0. The minimum absolute atomic E-state index is 0.0628. The lowest BCUT2D eigenvalue weighted by atomic mass is 10.0. The Morgan fingerprint density at radius 1 is 1.15 bits per heavy atom. The molecule has 0 aliphatic carbocycles. The average Bonchev–Trinajstić information content (AvgIpc) is 2.42. The fraction of sp³-hybridized carbons (Fsp3) is 0.471. The van der Waals surface area contributed by atoms with Crippen LogP contribution in [0, 0.1) is 0 Å². The van der Waals surface area contributed by atoms with Gasteiger partial charge in [0.15, 0.2) is 0 Å². The van der Waals surface area contributed by atoms with E-state index in [-0.39, 0.29) is 11.7 Å². The van der Waals surface area contributed by atoms with Gasteiger partial charge in [0, 0.05) is 18.2 Å². The van der Waals surface area contributed by atoms with Crippen LogP contribution in [0.4, 0.5) is 0 Å². The lowest BCUT2D eigenvalue weighted by molar-refractivity contribution is -0.0713. The Hall–Kier alpha value is -1.45. The molecule has 1 atom stereocenters. The predicted octanol–water partition coefficient (Wildman–Crippen LogP) is 4.13. The fourth-order valence-corrected chi connectivity index (χ4v) is 2.15. The first-order chi connectivity index (χ1) is 9.51. The predicted molar refractivity (Wildman–Crippen MR) is 81.8 cm³/mol. The summed E-state index contributed by atoms with van der Waals surface area (Å²) in [6.07, 6.45) is 1.77. The van der Waals surface area contributed by atoms with Gasteiger partial charge in [-0.1, -0.05) is 18.2 Å². The number of nitrogens with zero attached hydrogens (tertiary/aromatic N) is 1. The zero-order chi connectivity index (χ0) is 14.6. The van der Waals surface area contributed by atoms with Gasteiger partial charge in [-0.15, -0.1) is 0 Å². The highest BCUT2D eigenvalue weighted by molar-refractivity contribution is 5.82. The molecule has 1 aromatic heterocycles. The molecule has 0 saturated carbocycles. The second-order valence-corrected chi connectivity index (χ2v) is 5.78. The van der Waals surface area contributed by atoms with Crippen molar-refractivity contribution in [3.63, 3.8) is 0 Å². The standard InChI is InChI=1S/C17H23NO2/c1-5-19-16(12-20-17(2,3)4)14-10-11-18-15-9-7-6-8-13(14)15/h6-11,16H,5,12H2,1-4H3. The van der Waals surface area contributed by atoms with Gasteiger partial charge in [-0.25, -0.2) is 0 Å². The molecule has 0 saturated heterocycles. The van der Waals surface area contributed by atoms with Gasteiger partial charge in [0.25, 0.3) is 0 Å². The zero-order valence-electron chi connectivity index (χ0n) is 12.7. The number of para-hydroxylation sites is 1. The van der Waals surface area contributed by atoms with Crippen LogP contribution in [0.2, 0.25) is 0 Å². The molecule has 2 rings (SSSR count). The van der Waals surface area contributed by atoms with E-state index < -0.39 is 0 Å². The van der Waals surface area contributed by atoms with Crippen molar-refractivity contribution in [2.75, 3.05) is 13.2 Å².